The van der Waals surface area contributed by atoms with E-state index in [1.807, 2.05) is 32.7 Å². The lowest BCUT2D eigenvalue weighted by Crippen LogP contribution is -2.43. The van der Waals surface area contributed by atoms with Gasteiger partial charge in [-0.15, -0.1) is 0 Å². The van der Waals surface area contributed by atoms with Crippen molar-refractivity contribution in [3.05, 3.63) is 0 Å². The average molecular weight is 254 g/mol. The molecule has 1 heterocycles. The first-order valence-electron chi connectivity index (χ1n) is 7.04. The Morgan fingerprint density at radius 3 is 2.61 bits per heavy atom. The third-order valence-electron chi connectivity index (χ3n) is 4.02. The van der Waals surface area contributed by atoms with Crippen LogP contribution >= 0.6 is 0 Å². The molecule has 1 saturated carbocycles. The molecule has 1 amide bonds. The third kappa shape index (κ3) is 3.16. The molecule has 1 aliphatic carbocycles. The SMILES string of the molecule is CNC1(CC2CCCN2C(=O)OC(C)(C)C)CC1. The fourth-order valence-corrected chi connectivity index (χ4v) is 2.77. The second-order valence-corrected chi connectivity index (χ2v) is 6.70. The molecule has 0 bridgehead atoms. The van der Waals surface area contributed by atoms with Gasteiger partial charge in [-0.05, 0) is 59.9 Å². The highest BCUT2D eigenvalue weighted by Crippen LogP contribution is 2.42. The number of hydrogen-bond donors (Lipinski definition) is 1. The van der Waals surface area contributed by atoms with Crippen molar-refractivity contribution in [2.24, 2.45) is 0 Å². The summed E-state index contributed by atoms with van der Waals surface area (Å²) in [5, 5.41) is 3.41. The average Bonchev–Trinajstić information content (AvgIpc) is 2.86. The van der Waals surface area contributed by atoms with Gasteiger partial charge in [0.15, 0.2) is 0 Å². The Kier molecular flexibility index (Phi) is 3.58. The minimum Gasteiger partial charge on any atom is -0.444 e. The second-order valence-electron chi connectivity index (χ2n) is 6.70. The molecule has 0 aromatic rings. The van der Waals surface area contributed by atoms with Gasteiger partial charge in [-0.25, -0.2) is 4.79 Å². The fourth-order valence-electron chi connectivity index (χ4n) is 2.77. The van der Waals surface area contributed by atoms with Crippen LogP contribution in [0.15, 0.2) is 0 Å². The Balaban J connectivity index is 1.93. The molecule has 1 N–H and O–H groups in total. The highest BCUT2D eigenvalue weighted by molar-refractivity contribution is 5.69. The second kappa shape index (κ2) is 4.72. The molecule has 104 valence electrons. The van der Waals surface area contributed by atoms with E-state index >= 15 is 0 Å². The van der Waals surface area contributed by atoms with Crippen LogP contribution in [0.4, 0.5) is 4.79 Å². The van der Waals surface area contributed by atoms with Crippen molar-refractivity contribution in [3.8, 4) is 0 Å². The predicted molar refractivity (Wildman–Crippen MR) is 71.6 cm³/mol. The summed E-state index contributed by atoms with van der Waals surface area (Å²) in [7, 11) is 2.03. The summed E-state index contributed by atoms with van der Waals surface area (Å²) >= 11 is 0. The lowest BCUT2D eigenvalue weighted by molar-refractivity contribution is 0.0211. The summed E-state index contributed by atoms with van der Waals surface area (Å²) in [6.07, 6.45) is 5.62. The summed E-state index contributed by atoms with van der Waals surface area (Å²) in [5.41, 5.74) is -0.0975. The highest BCUT2D eigenvalue weighted by atomic mass is 16.6. The van der Waals surface area contributed by atoms with Crippen LogP contribution in [-0.2, 0) is 4.74 Å². The zero-order valence-electron chi connectivity index (χ0n) is 12.1. The lowest BCUT2D eigenvalue weighted by Gasteiger charge is -2.30. The summed E-state index contributed by atoms with van der Waals surface area (Å²) in [5.74, 6) is 0. The largest absolute Gasteiger partial charge is 0.444 e. The van der Waals surface area contributed by atoms with Crippen molar-refractivity contribution < 1.29 is 9.53 Å². The Hall–Kier alpha value is -0.770. The third-order valence-corrected chi connectivity index (χ3v) is 4.02. The molecule has 18 heavy (non-hydrogen) atoms. The standard InChI is InChI=1S/C14H26N2O2/c1-13(2,3)18-12(17)16-9-5-6-11(16)10-14(15-4)7-8-14/h11,15H,5-10H2,1-4H3. The fraction of sp³-hybridized carbons (Fsp3) is 0.929. The van der Waals surface area contributed by atoms with Crippen LogP contribution < -0.4 is 5.32 Å². The van der Waals surface area contributed by atoms with Crippen LogP contribution in [0.3, 0.4) is 0 Å². The van der Waals surface area contributed by atoms with E-state index in [1.165, 1.54) is 12.8 Å². The Morgan fingerprint density at radius 2 is 2.11 bits per heavy atom. The Bertz CT molecular complexity index is 318. The van der Waals surface area contributed by atoms with Crippen LogP contribution in [0.1, 0.15) is 52.9 Å². The van der Waals surface area contributed by atoms with Gasteiger partial charge in [-0.3, -0.25) is 0 Å². The van der Waals surface area contributed by atoms with Gasteiger partial charge >= 0.3 is 6.09 Å². The van der Waals surface area contributed by atoms with Crippen molar-refractivity contribution in [3.63, 3.8) is 0 Å². The molecule has 0 aromatic carbocycles. The highest BCUT2D eigenvalue weighted by Gasteiger charge is 2.45. The normalized spacial score (nSPS) is 26.2. The van der Waals surface area contributed by atoms with Crippen LogP contribution in [-0.4, -0.2) is 41.8 Å². The molecule has 2 fully saturated rings. The number of nitrogens with one attached hydrogen (secondary N) is 1. The maximum Gasteiger partial charge on any atom is 0.410 e. The van der Waals surface area contributed by atoms with Crippen molar-refractivity contribution >= 4 is 6.09 Å². The Morgan fingerprint density at radius 1 is 1.44 bits per heavy atom. The lowest BCUT2D eigenvalue weighted by atomic mass is 10.0. The molecule has 0 spiro atoms. The summed E-state index contributed by atoms with van der Waals surface area (Å²) in [6.45, 7) is 6.61. The van der Waals surface area contributed by atoms with Crippen molar-refractivity contribution in [1.82, 2.24) is 10.2 Å². The van der Waals surface area contributed by atoms with E-state index in [-0.39, 0.29) is 6.09 Å². The van der Waals surface area contributed by atoms with Gasteiger partial charge in [0.05, 0.1) is 0 Å². The van der Waals surface area contributed by atoms with Gasteiger partial charge in [0, 0.05) is 18.1 Å². The number of hydrogen-bond acceptors (Lipinski definition) is 3. The molecule has 2 rings (SSSR count). The number of ether oxygens (including phenoxy) is 1. The van der Waals surface area contributed by atoms with E-state index in [0.29, 0.717) is 11.6 Å². The summed E-state index contributed by atoms with van der Waals surface area (Å²) < 4.78 is 5.49. The number of likely N-dealkylation sites (tertiary alicyclic amines) is 1. The van der Waals surface area contributed by atoms with E-state index < -0.39 is 5.60 Å². The van der Waals surface area contributed by atoms with Gasteiger partial charge in [0.25, 0.3) is 0 Å². The zero-order chi connectivity index (χ0) is 13.4. The topological polar surface area (TPSA) is 41.6 Å². The van der Waals surface area contributed by atoms with Gasteiger partial charge < -0.3 is 15.0 Å². The zero-order valence-corrected chi connectivity index (χ0v) is 12.1. The summed E-state index contributed by atoms with van der Waals surface area (Å²) in [6, 6.07) is 0.356. The van der Waals surface area contributed by atoms with Crippen LogP contribution in [0.25, 0.3) is 0 Å². The van der Waals surface area contributed by atoms with E-state index in [4.69, 9.17) is 4.74 Å². The predicted octanol–water partition coefficient (Wildman–Crippen LogP) is 2.53. The first-order valence-corrected chi connectivity index (χ1v) is 7.04. The van der Waals surface area contributed by atoms with E-state index in [0.717, 1.165) is 25.8 Å². The van der Waals surface area contributed by atoms with E-state index in [9.17, 15) is 4.79 Å². The molecule has 1 unspecified atom stereocenters. The summed E-state index contributed by atoms with van der Waals surface area (Å²) in [4.78, 5) is 14.1. The Labute approximate surface area is 110 Å². The molecular formula is C14H26N2O2. The molecule has 0 aromatic heterocycles. The minimum absolute atomic E-state index is 0.142. The number of rotatable bonds is 3. The van der Waals surface area contributed by atoms with E-state index in [2.05, 4.69) is 5.32 Å². The van der Waals surface area contributed by atoms with Gasteiger partial charge in [-0.2, -0.15) is 0 Å². The minimum atomic E-state index is -0.398. The van der Waals surface area contributed by atoms with Crippen molar-refractivity contribution in [2.45, 2.75) is 70.1 Å². The number of carbonyl (C=O) groups excluding carboxylic acids is 1. The smallest absolute Gasteiger partial charge is 0.410 e. The first kappa shape index (κ1) is 13.7. The van der Waals surface area contributed by atoms with Crippen LogP contribution in [0, 0.1) is 0 Å². The molecule has 0 radical (unpaired) electrons. The molecule has 1 aliphatic heterocycles. The molecule has 2 aliphatic rings. The molecule has 1 saturated heterocycles. The quantitative estimate of drug-likeness (QED) is 0.841. The van der Waals surface area contributed by atoms with E-state index in [1.54, 1.807) is 0 Å². The maximum absolute atomic E-state index is 12.1. The molecular weight excluding hydrogens is 228 g/mol. The number of carbonyl (C=O) groups is 1. The molecule has 4 nitrogen and oxygen atoms in total. The maximum atomic E-state index is 12.1. The van der Waals surface area contributed by atoms with Crippen LogP contribution in [0.5, 0.6) is 0 Å². The van der Waals surface area contributed by atoms with Gasteiger partial charge in [0.2, 0.25) is 0 Å². The van der Waals surface area contributed by atoms with Crippen molar-refractivity contribution in [2.75, 3.05) is 13.6 Å². The van der Waals surface area contributed by atoms with Gasteiger partial charge in [0.1, 0.15) is 5.60 Å². The molecule has 1 atom stereocenters. The monoisotopic (exact) mass is 254 g/mol. The van der Waals surface area contributed by atoms with Crippen LogP contribution in [0.2, 0.25) is 0 Å². The van der Waals surface area contributed by atoms with Crippen molar-refractivity contribution in [1.29, 1.82) is 0 Å². The number of amides is 1. The van der Waals surface area contributed by atoms with Gasteiger partial charge in [-0.1, -0.05) is 0 Å². The number of nitrogens with zero attached hydrogens (tertiary/aromatic N) is 1. The first-order chi connectivity index (χ1) is 8.35. The molecule has 4 heteroatoms.